The predicted molar refractivity (Wildman–Crippen MR) is 230 cm³/mol. The maximum absolute atomic E-state index is 14.6. The maximum Gasteiger partial charge on any atom is 0.407 e. The van der Waals surface area contributed by atoms with Crippen molar-refractivity contribution in [2.24, 2.45) is 10.8 Å². The SMILES string of the molecule is COC(=O)N[C@H](C(=O)NN(Cc1ccc(-c2ccccn2)cc1)C[C@H](O)[C@@H](Cc1ccccc1)NC(=O)[C@@H](N1CCN(Cc2cnccc2C)C1=O)C(C)(C)C)C(C)(C)C. The molecule has 2 aromatic heterocycles. The molecule has 1 aliphatic rings. The Morgan fingerprint density at radius 1 is 0.850 bits per heavy atom. The molecule has 0 aliphatic carbocycles. The van der Waals surface area contributed by atoms with Gasteiger partial charge in [-0.3, -0.25) is 25.0 Å². The number of ether oxygens (including phenoxy) is 1. The lowest BCUT2D eigenvalue weighted by molar-refractivity contribution is -0.133. The van der Waals surface area contributed by atoms with Crippen molar-refractivity contribution in [1.82, 2.24) is 40.8 Å². The van der Waals surface area contributed by atoms with Crippen molar-refractivity contribution in [3.8, 4) is 11.3 Å². The molecule has 4 atom stereocenters. The topological polar surface area (TPSA) is 169 Å². The summed E-state index contributed by atoms with van der Waals surface area (Å²) in [5, 5.41) is 19.6. The highest BCUT2D eigenvalue weighted by Gasteiger charge is 2.44. The van der Waals surface area contributed by atoms with Crippen LogP contribution in [0.5, 0.6) is 0 Å². The van der Waals surface area contributed by atoms with Crippen LogP contribution in [0.4, 0.5) is 9.59 Å². The zero-order valence-electron chi connectivity index (χ0n) is 36.0. The second-order valence-corrected chi connectivity index (χ2v) is 17.5. The number of alkyl carbamates (subject to hydrolysis) is 1. The van der Waals surface area contributed by atoms with Gasteiger partial charge >= 0.3 is 12.1 Å². The van der Waals surface area contributed by atoms with E-state index in [1.165, 1.54) is 7.11 Å². The fourth-order valence-electron chi connectivity index (χ4n) is 7.38. The number of hydrazine groups is 1. The molecule has 5 amide bonds. The van der Waals surface area contributed by atoms with Gasteiger partial charge in [-0.15, -0.1) is 0 Å². The molecule has 1 aliphatic heterocycles. The van der Waals surface area contributed by atoms with Gasteiger partial charge in [0.05, 0.1) is 24.9 Å². The molecule has 4 N–H and O–H groups in total. The van der Waals surface area contributed by atoms with Crippen LogP contribution >= 0.6 is 0 Å². The number of aliphatic hydroxyl groups is 1. The van der Waals surface area contributed by atoms with Crippen molar-refractivity contribution in [2.75, 3.05) is 26.7 Å². The third-order valence-electron chi connectivity index (χ3n) is 10.6. The van der Waals surface area contributed by atoms with E-state index in [4.69, 9.17) is 4.74 Å². The molecule has 0 unspecified atom stereocenters. The van der Waals surface area contributed by atoms with E-state index in [9.17, 15) is 24.3 Å². The van der Waals surface area contributed by atoms with Gasteiger partial charge in [0.2, 0.25) is 5.91 Å². The Balaban J connectivity index is 1.42. The molecular weight excluding hydrogens is 761 g/mol. The number of carbonyl (C=O) groups excluding carboxylic acids is 4. The van der Waals surface area contributed by atoms with Gasteiger partial charge in [0.1, 0.15) is 12.1 Å². The van der Waals surface area contributed by atoms with Crippen LogP contribution in [0.3, 0.4) is 0 Å². The highest BCUT2D eigenvalue weighted by Crippen LogP contribution is 2.29. The van der Waals surface area contributed by atoms with Crippen molar-refractivity contribution >= 4 is 23.9 Å². The van der Waals surface area contributed by atoms with Crippen molar-refractivity contribution < 1.29 is 29.0 Å². The number of hydrogen-bond acceptors (Lipinski definition) is 9. The fourth-order valence-corrected chi connectivity index (χ4v) is 7.38. The molecule has 5 rings (SSSR count). The number of aryl methyl sites for hydroxylation is 1. The van der Waals surface area contributed by atoms with Crippen LogP contribution in [-0.2, 0) is 33.8 Å². The minimum absolute atomic E-state index is 0.109. The molecule has 0 spiro atoms. The Kier molecular flexibility index (Phi) is 15.0. The Labute approximate surface area is 353 Å². The first-order chi connectivity index (χ1) is 28.4. The molecule has 14 heteroatoms. The summed E-state index contributed by atoms with van der Waals surface area (Å²) >= 11 is 0. The number of benzene rings is 2. The second kappa shape index (κ2) is 19.9. The molecule has 3 heterocycles. The fraction of sp³-hybridized carbons (Fsp3) is 0.435. The lowest BCUT2D eigenvalue weighted by Gasteiger charge is -2.38. The highest BCUT2D eigenvalue weighted by molar-refractivity contribution is 5.89. The molecule has 2 aromatic carbocycles. The lowest BCUT2D eigenvalue weighted by Crippen LogP contribution is -2.61. The lowest BCUT2D eigenvalue weighted by atomic mass is 9.84. The molecule has 0 bridgehead atoms. The first-order valence-corrected chi connectivity index (χ1v) is 20.3. The molecule has 14 nitrogen and oxygen atoms in total. The zero-order valence-corrected chi connectivity index (χ0v) is 36.0. The van der Waals surface area contributed by atoms with E-state index >= 15 is 0 Å². The molecule has 320 valence electrons. The number of nitrogens with one attached hydrogen (secondary N) is 3. The normalized spacial score (nSPS) is 15.3. The standard InChI is InChI=1S/C46H60N8O6/c1-31-21-23-47-27-35(31)29-52-24-25-54(44(52)59)40(46(5,6)7)42(57)49-37(26-32-14-10-9-11-15-32)38(55)30-53(51-41(56)39(45(2,3)4)50-43(58)60-8)28-33-17-19-34(20-18-33)36-16-12-13-22-48-36/h9-23,27,37-40,55H,24-26,28-30H2,1-8H3,(H,49,57)(H,50,58)(H,51,56)/t37-,38+,39-,40-/m1/s1. The van der Waals surface area contributed by atoms with Gasteiger partial charge in [-0.2, -0.15) is 0 Å². The number of urea groups is 1. The number of pyridine rings is 2. The summed E-state index contributed by atoms with van der Waals surface area (Å²) in [5.74, 6) is -0.911. The molecule has 1 saturated heterocycles. The van der Waals surface area contributed by atoms with Crippen LogP contribution in [0.25, 0.3) is 11.3 Å². The van der Waals surface area contributed by atoms with Gasteiger partial charge < -0.3 is 30.3 Å². The largest absolute Gasteiger partial charge is 0.453 e. The predicted octanol–water partition coefficient (Wildman–Crippen LogP) is 5.50. The number of aromatic nitrogens is 2. The van der Waals surface area contributed by atoms with E-state index < -0.39 is 53.0 Å². The zero-order chi connectivity index (χ0) is 43.6. The molecule has 4 aromatic rings. The number of amides is 5. The number of aliphatic hydroxyl groups excluding tert-OH is 1. The quantitative estimate of drug-likeness (QED) is 0.107. The maximum atomic E-state index is 14.6. The number of rotatable bonds is 16. The van der Waals surface area contributed by atoms with Crippen LogP contribution in [0.1, 0.15) is 63.8 Å². The monoisotopic (exact) mass is 820 g/mol. The summed E-state index contributed by atoms with van der Waals surface area (Å²) in [6.45, 7) is 14.5. The average Bonchev–Trinajstić information content (AvgIpc) is 3.55. The van der Waals surface area contributed by atoms with Crippen molar-refractivity contribution in [3.63, 3.8) is 0 Å². The number of carbonyl (C=O) groups is 4. The molecule has 60 heavy (non-hydrogen) atoms. The Hall–Kier alpha value is -5.86. The van der Waals surface area contributed by atoms with Crippen molar-refractivity contribution in [2.45, 2.75) is 92.2 Å². The summed E-state index contributed by atoms with van der Waals surface area (Å²) in [6.07, 6.45) is 3.50. The average molecular weight is 821 g/mol. The highest BCUT2D eigenvalue weighted by atomic mass is 16.5. The second-order valence-electron chi connectivity index (χ2n) is 17.5. The Morgan fingerprint density at radius 3 is 2.17 bits per heavy atom. The molecular formula is C46H60N8O6. The third kappa shape index (κ3) is 12.1. The minimum Gasteiger partial charge on any atom is -0.453 e. The number of hydrogen-bond donors (Lipinski definition) is 4. The smallest absolute Gasteiger partial charge is 0.407 e. The first-order valence-electron chi connectivity index (χ1n) is 20.3. The van der Waals surface area contributed by atoms with E-state index in [1.54, 1.807) is 33.4 Å². The number of nitrogens with zero attached hydrogens (tertiary/aromatic N) is 5. The summed E-state index contributed by atoms with van der Waals surface area (Å²) in [7, 11) is 1.23. The summed E-state index contributed by atoms with van der Waals surface area (Å²) < 4.78 is 4.83. The number of methoxy groups -OCH3 is 1. The van der Waals surface area contributed by atoms with E-state index in [0.29, 0.717) is 19.6 Å². The summed E-state index contributed by atoms with van der Waals surface area (Å²) in [6, 6.07) is 21.9. The molecule has 0 radical (unpaired) electrons. The minimum atomic E-state index is -1.22. The van der Waals surface area contributed by atoms with Gasteiger partial charge in [-0.25, -0.2) is 14.6 Å². The van der Waals surface area contributed by atoms with Gasteiger partial charge in [-0.1, -0.05) is 102 Å². The van der Waals surface area contributed by atoms with E-state index in [1.807, 2.05) is 127 Å². The third-order valence-corrected chi connectivity index (χ3v) is 10.6. The van der Waals surface area contributed by atoms with Crippen LogP contribution in [0.2, 0.25) is 0 Å². The Morgan fingerprint density at radius 2 is 1.55 bits per heavy atom. The summed E-state index contributed by atoms with van der Waals surface area (Å²) in [4.78, 5) is 67.0. The van der Waals surface area contributed by atoms with Gasteiger partial charge in [0.25, 0.3) is 5.91 Å². The van der Waals surface area contributed by atoms with Gasteiger partial charge in [0, 0.05) is 56.9 Å². The molecule has 0 saturated carbocycles. The van der Waals surface area contributed by atoms with E-state index in [-0.39, 0.29) is 25.5 Å². The first kappa shape index (κ1) is 45.2. The van der Waals surface area contributed by atoms with E-state index in [0.717, 1.165) is 33.5 Å². The Bertz CT molecular complexity index is 2050. The van der Waals surface area contributed by atoms with Gasteiger partial charge in [0.15, 0.2) is 0 Å². The summed E-state index contributed by atoms with van der Waals surface area (Å²) in [5.41, 5.74) is 6.96. The molecule has 1 fully saturated rings. The van der Waals surface area contributed by atoms with Gasteiger partial charge in [-0.05, 0) is 64.6 Å². The van der Waals surface area contributed by atoms with Crippen LogP contribution in [0, 0.1) is 17.8 Å². The van der Waals surface area contributed by atoms with E-state index in [2.05, 4.69) is 26.0 Å². The van der Waals surface area contributed by atoms with Crippen LogP contribution in [-0.4, -0.2) is 105 Å². The van der Waals surface area contributed by atoms with Crippen molar-refractivity contribution in [3.05, 3.63) is 120 Å². The van der Waals surface area contributed by atoms with Crippen LogP contribution in [0.15, 0.2) is 97.5 Å². The van der Waals surface area contributed by atoms with Crippen molar-refractivity contribution in [1.29, 1.82) is 0 Å². The van der Waals surface area contributed by atoms with Crippen LogP contribution < -0.4 is 16.1 Å².